The van der Waals surface area contributed by atoms with Crippen LogP contribution in [0.15, 0.2) is 12.4 Å². The van der Waals surface area contributed by atoms with E-state index in [0.717, 1.165) is 25.7 Å². The number of amides is 2. The SMILES string of the molecule is CC1CCC(CN)(C(=O)Nc2cnn(CC(N)=O)c2)CC1. The highest BCUT2D eigenvalue weighted by molar-refractivity contribution is 5.95. The second kappa shape index (κ2) is 6.26. The molecule has 2 rings (SSSR count). The van der Waals surface area contributed by atoms with E-state index in [2.05, 4.69) is 17.3 Å². The highest BCUT2D eigenvalue weighted by Gasteiger charge is 2.39. The number of hydrogen-bond acceptors (Lipinski definition) is 4. The van der Waals surface area contributed by atoms with Gasteiger partial charge in [-0.1, -0.05) is 6.92 Å². The molecule has 21 heavy (non-hydrogen) atoms. The Labute approximate surface area is 124 Å². The number of carbonyl (C=O) groups is 2. The molecule has 0 bridgehead atoms. The fraction of sp³-hybridized carbons (Fsp3) is 0.643. The molecule has 5 N–H and O–H groups in total. The number of anilines is 1. The van der Waals surface area contributed by atoms with Gasteiger partial charge in [0, 0.05) is 12.7 Å². The van der Waals surface area contributed by atoms with E-state index in [4.69, 9.17) is 11.5 Å². The van der Waals surface area contributed by atoms with Crippen LogP contribution in [-0.4, -0.2) is 28.1 Å². The van der Waals surface area contributed by atoms with Gasteiger partial charge in [0.05, 0.1) is 17.3 Å². The Balaban J connectivity index is 2.02. The molecule has 1 aromatic rings. The van der Waals surface area contributed by atoms with Gasteiger partial charge in [-0.05, 0) is 31.6 Å². The Morgan fingerprint density at radius 2 is 2.14 bits per heavy atom. The molecule has 1 aliphatic rings. The van der Waals surface area contributed by atoms with E-state index in [9.17, 15) is 9.59 Å². The fourth-order valence-electron chi connectivity index (χ4n) is 2.78. The van der Waals surface area contributed by atoms with E-state index in [1.807, 2.05) is 0 Å². The van der Waals surface area contributed by atoms with Crippen molar-refractivity contribution in [3.63, 3.8) is 0 Å². The first-order valence-corrected chi connectivity index (χ1v) is 7.27. The third-order valence-corrected chi connectivity index (χ3v) is 4.31. The van der Waals surface area contributed by atoms with E-state index in [1.165, 1.54) is 10.9 Å². The van der Waals surface area contributed by atoms with Crippen molar-refractivity contribution < 1.29 is 9.59 Å². The Morgan fingerprint density at radius 1 is 1.48 bits per heavy atom. The number of carbonyl (C=O) groups excluding carboxylic acids is 2. The van der Waals surface area contributed by atoms with Crippen LogP contribution in [0.25, 0.3) is 0 Å². The molecular weight excluding hydrogens is 270 g/mol. The first kappa shape index (κ1) is 15.5. The second-order valence-corrected chi connectivity index (χ2v) is 6.01. The summed E-state index contributed by atoms with van der Waals surface area (Å²) in [4.78, 5) is 23.4. The van der Waals surface area contributed by atoms with Gasteiger partial charge in [-0.15, -0.1) is 0 Å². The Hall–Kier alpha value is -1.89. The van der Waals surface area contributed by atoms with Crippen LogP contribution in [0.3, 0.4) is 0 Å². The number of rotatable bonds is 5. The maximum Gasteiger partial charge on any atom is 0.239 e. The summed E-state index contributed by atoms with van der Waals surface area (Å²) in [7, 11) is 0. The summed E-state index contributed by atoms with van der Waals surface area (Å²) in [6, 6.07) is 0. The van der Waals surface area contributed by atoms with E-state index in [1.54, 1.807) is 6.20 Å². The molecule has 1 aromatic heterocycles. The molecule has 0 spiro atoms. The number of primary amides is 1. The monoisotopic (exact) mass is 293 g/mol. The van der Waals surface area contributed by atoms with Crippen molar-refractivity contribution in [2.24, 2.45) is 22.8 Å². The molecule has 116 valence electrons. The highest BCUT2D eigenvalue weighted by atomic mass is 16.2. The second-order valence-electron chi connectivity index (χ2n) is 6.01. The molecular formula is C14H23N5O2. The van der Waals surface area contributed by atoms with Crippen LogP contribution in [-0.2, 0) is 16.1 Å². The van der Waals surface area contributed by atoms with Gasteiger partial charge in [-0.25, -0.2) is 0 Å². The molecule has 1 saturated carbocycles. The molecule has 1 fully saturated rings. The van der Waals surface area contributed by atoms with Crippen molar-refractivity contribution in [3.8, 4) is 0 Å². The van der Waals surface area contributed by atoms with Crippen molar-refractivity contribution in [1.82, 2.24) is 9.78 Å². The zero-order chi connectivity index (χ0) is 15.5. The maximum absolute atomic E-state index is 12.5. The number of aromatic nitrogens is 2. The van der Waals surface area contributed by atoms with Gasteiger partial charge >= 0.3 is 0 Å². The van der Waals surface area contributed by atoms with Gasteiger partial charge in [-0.3, -0.25) is 14.3 Å². The van der Waals surface area contributed by atoms with E-state index < -0.39 is 11.3 Å². The van der Waals surface area contributed by atoms with Crippen LogP contribution in [0.1, 0.15) is 32.6 Å². The summed E-state index contributed by atoms with van der Waals surface area (Å²) in [6.45, 7) is 2.54. The predicted octanol–water partition coefficient (Wildman–Crippen LogP) is 0.462. The van der Waals surface area contributed by atoms with Crippen molar-refractivity contribution >= 4 is 17.5 Å². The largest absolute Gasteiger partial charge is 0.368 e. The van der Waals surface area contributed by atoms with Crippen LogP contribution in [0.4, 0.5) is 5.69 Å². The standard InChI is InChI=1S/C14H23N5O2/c1-10-2-4-14(9-15,5-3-10)13(21)18-11-6-17-19(7-11)8-12(16)20/h6-7,10H,2-5,8-9,15H2,1H3,(H2,16,20)(H,18,21). The third-order valence-electron chi connectivity index (χ3n) is 4.31. The van der Waals surface area contributed by atoms with Gasteiger partial charge in [-0.2, -0.15) is 5.10 Å². The van der Waals surface area contributed by atoms with Gasteiger partial charge in [0.25, 0.3) is 0 Å². The molecule has 2 amide bonds. The van der Waals surface area contributed by atoms with Crippen molar-refractivity contribution in [1.29, 1.82) is 0 Å². The number of hydrogen-bond donors (Lipinski definition) is 3. The topological polar surface area (TPSA) is 116 Å². The predicted molar refractivity (Wildman–Crippen MR) is 79.2 cm³/mol. The molecule has 7 nitrogen and oxygen atoms in total. The van der Waals surface area contributed by atoms with Gasteiger partial charge < -0.3 is 16.8 Å². The summed E-state index contributed by atoms with van der Waals surface area (Å²) in [5, 5.41) is 6.84. The molecule has 1 aliphatic carbocycles. The minimum atomic E-state index is -0.488. The summed E-state index contributed by atoms with van der Waals surface area (Å²) < 4.78 is 1.40. The fourth-order valence-corrected chi connectivity index (χ4v) is 2.78. The van der Waals surface area contributed by atoms with Crippen molar-refractivity contribution in [3.05, 3.63) is 12.4 Å². The lowest BCUT2D eigenvalue weighted by Gasteiger charge is -2.36. The summed E-state index contributed by atoms with van der Waals surface area (Å²) >= 11 is 0. The molecule has 0 atom stereocenters. The Bertz CT molecular complexity index is 517. The van der Waals surface area contributed by atoms with Crippen LogP contribution >= 0.6 is 0 Å². The van der Waals surface area contributed by atoms with Gasteiger partial charge in [0.1, 0.15) is 6.54 Å². The molecule has 0 aromatic carbocycles. The first-order chi connectivity index (χ1) is 9.95. The van der Waals surface area contributed by atoms with E-state index >= 15 is 0 Å². The molecule has 7 heteroatoms. The van der Waals surface area contributed by atoms with E-state index in [-0.39, 0.29) is 12.5 Å². The minimum absolute atomic E-state index is 0.00455. The minimum Gasteiger partial charge on any atom is -0.368 e. The molecule has 0 aliphatic heterocycles. The quantitative estimate of drug-likeness (QED) is 0.731. The average Bonchev–Trinajstić information content (AvgIpc) is 2.86. The zero-order valence-corrected chi connectivity index (χ0v) is 12.3. The number of nitrogens with one attached hydrogen (secondary N) is 1. The lowest BCUT2D eigenvalue weighted by Crippen LogP contribution is -2.44. The normalized spacial score (nSPS) is 25.5. The molecule has 0 radical (unpaired) electrons. The van der Waals surface area contributed by atoms with Crippen LogP contribution in [0.2, 0.25) is 0 Å². The maximum atomic E-state index is 12.5. The summed E-state index contributed by atoms with van der Waals surface area (Å²) in [5.74, 6) is 0.113. The Kier molecular flexibility index (Phi) is 4.62. The van der Waals surface area contributed by atoms with Crippen LogP contribution < -0.4 is 16.8 Å². The zero-order valence-electron chi connectivity index (χ0n) is 12.3. The molecule has 1 heterocycles. The lowest BCUT2D eigenvalue weighted by atomic mass is 9.70. The first-order valence-electron chi connectivity index (χ1n) is 7.27. The summed E-state index contributed by atoms with van der Waals surface area (Å²) in [5.41, 5.74) is 11.0. The van der Waals surface area contributed by atoms with Gasteiger partial charge in [0.2, 0.25) is 11.8 Å². The lowest BCUT2D eigenvalue weighted by molar-refractivity contribution is -0.127. The van der Waals surface area contributed by atoms with E-state index in [0.29, 0.717) is 18.2 Å². The van der Waals surface area contributed by atoms with Crippen LogP contribution in [0.5, 0.6) is 0 Å². The molecule has 0 unspecified atom stereocenters. The number of nitrogens with two attached hydrogens (primary N) is 2. The smallest absolute Gasteiger partial charge is 0.239 e. The number of nitrogens with zero attached hydrogens (tertiary/aromatic N) is 2. The van der Waals surface area contributed by atoms with Gasteiger partial charge in [0.15, 0.2) is 0 Å². The molecule has 0 saturated heterocycles. The van der Waals surface area contributed by atoms with Crippen molar-refractivity contribution in [2.45, 2.75) is 39.2 Å². The Morgan fingerprint density at radius 3 is 2.71 bits per heavy atom. The highest BCUT2D eigenvalue weighted by Crippen LogP contribution is 2.39. The average molecular weight is 293 g/mol. The van der Waals surface area contributed by atoms with Crippen molar-refractivity contribution in [2.75, 3.05) is 11.9 Å². The summed E-state index contributed by atoms with van der Waals surface area (Å²) in [6.07, 6.45) is 6.77. The van der Waals surface area contributed by atoms with Crippen LogP contribution in [0, 0.1) is 11.3 Å². The third kappa shape index (κ3) is 3.60.